The molecule has 1 heterocycles. The van der Waals surface area contributed by atoms with E-state index in [1.165, 1.54) is 27.8 Å². The maximum atomic E-state index is 11.8. The highest BCUT2D eigenvalue weighted by molar-refractivity contribution is 5.70. The highest BCUT2D eigenvalue weighted by Crippen LogP contribution is 2.24. The number of cyclic esters (lactones) is 1. The third kappa shape index (κ3) is 2.59. The molecule has 104 valence electrons. The van der Waals surface area contributed by atoms with E-state index in [2.05, 4.69) is 33.8 Å². The van der Waals surface area contributed by atoms with Gasteiger partial charge in [0.15, 0.2) is 0 Å². The molecule has 1 aromatic rings. The average Bonchev–Trinajstić information content (AvgIpc) is 2.73. The second kappa shape index (κ2) is 5.21. The molecule has 0 spiro atoms. The third-order valence-electron chi connectivity index (χ3n) is 4.08. The van der Waals surface area contributed by atoms with Gasteiger partial charge in [-0.1, -0.05) is 6.07 Å². The van der Waals surface area contributed by atoms with Crippen LogP contribution in [-0.2, 0) is 11.3 Å². The summed E-state index contributed by atoms with van der Waals surface area (Å²) in [6, 6.07) is 2.19. The summed E-state index contributed by atoms with van der Waals surface area (Å²) in [7, 11) is 0. The number of benzene rings is 1. The summed E-state index contributed by atoms with van der Waals surface area (Å²) in [6.07, 6.45) is -0.424. The van der Waals surface area contributed by atoms with Crippen LogP contribution in [0.25, 0.3) is 0 Å². The number of nitrogens with zero attached hydrogens (tertiary/aromatic N) is 1. The Morgan fingerprint density at radius 2 is 1.84 bits per heavy atom. The lowest BCUT2D eigenvalue weighted by molar-refractivity contribution is 0.134. The number of carbonyl (C=O) groups excluding carboxylic acids is 1. The van der Waals surface area contributed by atoms with Gasteiger partial charge in [-0.2, -0.15) is 0 Å². The molecule has 1 aliphatic heterocycles. The van der Waals surface area contributed by atoms with Crippen LogP contribution < -0.4 is 5.73 Å². The van der Waals surface area contributed by atoms with Crippen molar-refractivity contribution in [1.82, 2.24) is 4.90 Å². The molecule has 1 aromatic carbocycles. The molecule has 1 aliphatic rings. The molecule has 1 fully saturated rings. The summed E-state index contributed by atoms with van der Waals surface area (Å²) < 4.78 is 5.20. The number of amides is 1. The Morgan fingerprint density at radius 3 is 2.32 bits per heavy atom. The first kappa shape index (κ1) is 13.9. The fourth-order valence-electron chi connectivity index (χ4n) is 2.55. The van der Waals surface area contributed by atoms with Crippen molar-refractivity contribution >= 4 is 6.09 Å². The van der Waals surface area contributed by atoms with Gasteiger partial charge < -0.3 is 15.4 Å². The van der Waals surface area contributed by atoms with E-state index < -0.39 is 0 Å². The summed E-state index contributed by atoms with van der Waals surface area (Å²) in [4.78, 5) is 13.5. The van der Waals surface area contributed by atoms with E-state index in [1.54, 1.807) is 4.90 Å². The molecule has 1 unspecified atom stereocenters. The second-order valence-corrected chi connectivity index (χ2v) is 5.36. The molecule has 1 atom stereocenters. The molecule has 1 amide bonds. The molecule has 4 heteroatoms. The molecule has 0 saturated carbocycles. The van der Waals surface area contributed by atoms with Gasteiger partial charge in [0.1, 0.15) is 6.10 Å². The van der Waals surface area contributed by atoms with Crippen LogP contribution in [0.4, 0.5) is 4.79 Å². The Kier molecular flexibility index (Phi) is 3.80. The molecule has 2 rings (SSSR count). The van der Waals surface area contributed by atoms with Crippen molar-refractivity contribution in [1.29, 1.82) is 0 Å². The van der Waals surface area contributed by atoms with Crippen LogP contribution in [0.1, 0.15) is 27.8 Å². The van der Waals surface area contributed by atoms with Crippen LogP contribution in [0.3, 0.4) is 0 Å². The smallest absolute Gasteiger partial charge is 0.410 e. The van der Waals surface area contributed by atoms with E-state index in [9.17, 15) is 4.79 Å². The first-order valence-corrected chi connectivity index (χ1v) is 6.66. The quantitative estimate of drug-likeness (QED) is 0.908. The number of rotatable bonds is 3. The lowest BCUT2D eigenvalue weighted by Crippen LogP contribution is -2.28. The van der Waals surface area contributed by atoms with Crippen LogP contribution >= 0.6 is 0 Å². The van der Waals surface area contributed by atoms with Crippen LogP contribution in [0.15, 0.2) is 6.07 Å². The van der Waals surface area contributed by atoms with Gasteiger partial charge >= 0.3 is 6.09 Å². The van der Waals surface area contributed by atoms with E-state index in [0.29, 0.717) is 19.6 Å². The molecule has 0 bridgehead atoms. The minimum Gasteiger partial charge on any atom is -0.443 e. The zero-order valence-electron chi connectivity index (χ0n) is 12.1. The van der Waals surface area contributed by atoms with Gasteiger partial charge in [0.05, 0.1) is 6.54 Å². The highest BCUT2D eigenvalue weighted by atomic mass is 16.6. The van der Waals surface area contributed by atoms with Crippen molar-refractivity contribution in [2.75, 3.05) is 13.1 Å². The Labute approximate surface area is 114 Å². The third-order valence-corrected chi connectivity index (χ3v) is 4.08. The lowest BCUT2D eigenvalue weighted by Gasteiger charge is -2.19. The minimum atomic E-state index is -0.256. The van der Waals surface area contributed by atoms with Gasteiger partial charge in [-0.25, -0.2) is 4.79 Å². The highest BCUT2D eigenvalue weighted by Gasteiger charge is 2.30. The molecule has 19 heavy (non-hydrogen) atoms. The Morgan fingerprint density at radius 1 is 1.26 bits per heavy atom. The molecule has 2 N–H and O–H groups in total. The van der Waals surface area contributed by atoms with E-state index >= 15 is 0 Å². The fourth-order valence-corrected chi connectivity index (χ4v) is 2.55. The number of aryl methyl sites for hydroxylation is 2. The van der Waals surface area contributed by atoms with Crippen molar-refractivity contribution < 1.29 is 9.53 Å². The maximum Gasteiger partial charge on any atom is 0.410 e. The van der Waals surface area contributed by atoms with Gasteiger partial charge in [-0.05, 0) is 55.5 Å². The van der Waals surface area contributed by atoms with Gasteiger partial charge in [0.25, 0.3) is 0 Å². The first-order valence-electron chi connectivity index (χ1n) is 6.66. The summed E-state index contributed by atoms with van der Waals surface area (Å²) in [5, 5.41) is 0. The SMILES string of the molecule is Cc1cc(C)c(C)c(CN2CC(CN)OC2=O)c1C. The van der Waals surface area contributed by atoms with E-state index in [0.717, 1.165) is 0 Å². The predicted octanol–water partition coefficient (Wildman–Crippen LogP) is 2.20. The van der Waals surface area contributed by atoms with Crippen molar-refractivity contribution in [3.63, 3.8) is 0 Å². The van der Waals surface area contributed by atoms with Gasteiger partial charge in [-0.15, -0.1) is 0 Å². The minimum absolute atomic E-state index is 0.168. The van der Waals surface area contributed by atoms with E-state index in [1.807, 2.05) is 0 Å². The van der Waals surface area contributed by atoms with Crippen LogP contribution in [0.5, 0.6) is 0 Å². The second-order valence-electron chi connectivity index (χ2n) is 5.36. The van der Waals surface area contributed by atoms with E-state index in [4.69, 9.17) is 10.5 Å². The van der Waals surface area contributed by atoms with Crippen LogP contribution in [0.2, 0.25) is 0 Å². The maximum absolute atomic E-state index is 11.8. The van der Waals surface area contributed by atoms with Crippen LogP contribution in [0, 0.1) is 27.7 Å². The number of hydrogen-bond donors (Lipinski definition) is 1. The molecule has 0 aromatic heterocycles. The number of nitrogens with two attached hydrogens (primary N) is 1. The van der Waals surface area contributed by atoms with Crippen molar-refractivity contribution in [2.45, 2.75) is 40.3 Å². The average molecular weight is 262 g/mol. The topological polar surface area (TPSA) is 55.6 Å². The van der Waals surface area contributed by atoms with Crippen LogP contribution in [-0.4, -0.2) is 30.2 Å². The molecule has 4 nitrogen and oxygen atoms in total. The largest absolute Gasteiger partial charge is 0.443 e. The normalized spacial score (nSPS) is 18.9. The van der Waals surface area contributed by atoms with Gasteiger partial charge in [0, 0.05) is 13.1 Å². The Hall–Kier alpha value is -1.55. The molecule has 0 aliphatic carbocycles. The number of carbonyl (C=O) groups is 1. The Balaban J connectivity index is 2.27. The zero-order chi connectivity index (χ0) is 14.2. The number of hydrogen-bond acceptors (Lipinski definition) is 3. The summed E-state index contributed by atoms with van der Waals surface area (Å²) in [5.74, 6) is 0. The first-order chi connectivity index (χ1) is 8.93. The zero-order valence-corrected chi connectivity index (χ0v) is 12.1. The van der Waals surface area contributed by atoms with Crippen molar-refractivity contribution in [2.24, 2.45) is 5.73 Å². The summed E-state index contributed by atoms with van der Waals surface area (Å²) >= 11 is 0. The fraction of sp³-hybridized carbons (Fsp3) is 0.533. The van der Waals surface area contributed by atoms with E-state index in [-0.39, 0.29) is 12.2 Å². The summed E-state index contributed by atoms with van der Waals surface area (Å²) in [5.41, 5.74) is 11.8. The molecular weight excluding hydrogens is 240 g/mol. The molecular formula is C15H22N2O2. The predicted molar refractivity (Wildman–Crippen MR) is 75.1 cm³/mol. The van der Waals surface area contributed by atoms with Gasteiger partial charge in [-0.3, -0.25) is 0 Å². The summed E-state index contributed by atoms with van der Waals surface area (Å²) in [6.45, 7) is 10.0. The lowest BCUT2D eigenvalue weighted by atomic mass is 9.94. The van der Waals surface area contributed by atoms with Crippen molar-refractivity contribution in [3.05, 3.63) is 33.9 Å². The molecule has 1 saturated heterocycles. The van der Waals surface area contributed by atoms with Crippen molar-refractivity contribution in [3.8, 4) is 0 Å². The Bertz CT molecular complexity index is 485. The standard InChI is InChI=1S/C15H22N2O2/c1-9-5-10(2)12(4)14(11(9)3)8-17-7-13(6-16)19-15(17)18/h5,13H,6-8,16H2,1-4H3. The molecule has 0 radical (unpaired) electrons. The van der Waals surface area contributed by atoms with Gasteiger partial charge in [0.2, 0.25) is 0 Å². The monoisotopic (exact) mass is 262 g/mol. The number of ether oxygens (including phenoxy) is 1.